The van der Waals surface area contributed by atoms with Gasteiger partial charge in [0.15, 0.2) is 0 Å². The standard InChI is InChI=1S/C75H122N16O25S/c1-14-41(12)61(74(114)82-45(21-24-56(96)97)65(105)83-48(28-36(2)3)69(109)81-47(26-27-117-13)66(106)79-46(22-25-57(98)99)67(107)90-60(40(10)11)73(113)87-52(75(115)116)32-58(100)101)89-55(95)33-78-63(103)51(31-42-18-16-15-17-19-42)86-72(112)59(39(8)9)91-70(110)50(30-38(6)7)84-64(104)44(20-23-54(77)94)80-68(108)49(29-37(4)5)85-71(111)53(35-93)88-62(102)43(76)34-92/h15-19,36-41,43-53,59-61,92-93H,14,20-35,76H2,1-13H3,(H2,77,94)(H,78,103)(H,79,106)(H,80,108)(H,81,109)(H,82,114)(H,83,105)(H,84,104)(H,85,111)(H,86,112)(H,87,113)(H,88,102)(H,89,95)(H,90,107)(H,91,110)(H,96,97)(H,98,99)(H,100,101)(H,115,116)/t41-,43-,44-,45-,46-,47-,48-,49-,50-,51-,52-,53-,59-,60-,61-/m0/s1. The van der Waals surface area contributed by atoms with Gasteiger partial charge in [0.25, 0.3) is 0 Å². The second-order valence-electron chi connectivity index (χ2n) is 30.4. The van der Waals surface area contributed by atoms with Crippen LogP contribution in [0.25, 0.3) is 0 Å². The summed E-state index contributed by atoms with van der Waals surface area (Å²) in [5, 5.41) is 91.7. The van der Waals surface area contributed by atoms with Crippen LogP contribution in [-0.2, 0) is 97.5 Å². The maximum atomic E-state index is 14.5. The Kier molecular flexibility index (Phi) is 47.8. The quantitative estimate of drug-likeness (QED) is 0.0294. The number of rotatable bonds is 57. The topological polar surface area (TPSA) is 666 Å². The van der Waals surface area contributed by atoms with E-state index in [1.807, 2.05) is 5.32 Å². The van der Waals surface area contributed by atoms with Crippen LogP contribution in [0.4, 0.5) is 0 Å². The monoisotopic (exact) mass is 1680 g/mol. The number of benzene rings is 1. The summed E-state index contributed by atoms with van der Waals surface area (Å²) in [7, 11) is 0. The van der Waals surface area contributed by atoms with Gasteiger partial charge in [0.2, 0.25) is 88.6 Å². The Labute approximate surface area is 683 Å². The van der Waals surface area contributed by atoms with Gasteiger partial charge in [-0.2, -0.15) is 11.8 Å². The largest absolute Gasteiger partial charge is 0.481 e. The highest BCUT2D eigenvalue weighted by Crippen LogP contribution is 2.17. The summed E-state index contributed by atoms with van der Waals surface area (Å²) in [6.45, 7) is 16.9. The number of carbonyl (C=O) groups is 19. The first-order chi connectivity index (χ1) is 54.7. The predicted molar refractivity (Wildman–Crippen MR) is 423 cm³/mol. The number of hydrogen-bond acceptors (Lipinski definition) is 23. The molecule has 0 unspecified atom stereocenters. The summed E-state index contributed by atoms with van der Waals surface area (Å²) in [5.41, 5.74) is 11.5. The molecule has 0 spiro atoms. The number of aliphatic carboxylic acids is 4. The van der Waals surface area contributed by atoms with Crippen molar-refractivity contribution in [2.45, 2.75) is 251 Å². The van der Waals surface area contributed by atoms with Crippen LogP contribution in [-0.4, -0.2) is 259 Å². The number of carboxylic acid groups (broad SMARTS) is 4. The van der Waals surface area contributed by atoms with Crippen LogP contribution >= 0.6 is 11.8 Å². The van der Waals surface area contributed by atoms with E-state index in [9.17, 15) is 122 Å². The second-order valence-corrected chi connectivity index (χ2v) is 31.3. The molecule has 0 aliphatic rings. The summed E-state index contributed by atoms with van der Waals surface area (Å²) in [6, 6.07) is -13.6. The maximum Gasteiger partial charge on any atom is 0.326 e. The minimum Gasteiger partial charge on any atom is -0.481 e. The summed E-state index contributed by atoms with van der Waals surface area (Å²) in [4.78, 5) is 255. The third kappa shape index (κ3) is 40.2. The lowest BCUT2D eigenvalue weighted by Crippen LogP contribution is -2.61. The molecule has 42 heteroatoms. The Morgan fingerprint density at radius 3 is 1.10 bits per heavy atom. The average Bonchev–Trinajstić information content (AvgIpc) is 0.864. The van der Waals surface area contributed by atoms with Crippen molar-refractivity contribution in [2.24, 2.45) is 47.0 Å². The first-order valence-electron chi connectivity index (χ1n) is 38.6. The van der Waals surface area contributed by atoms with E-state index in [0.717, 1.165) is 0 Å². The van der Waals surface area contributed by atoms with Gasteiger partial charge in [-0.05, 0) is 98.0 Å². The van der Waals surface area contributed by atoms with Crippen LogP contribution in [0.1, 0.15) is 166 Å². The molecule has 658 valence electrons. The zero-order valence-corrected chi connectivity index (χ0v) is 69.3. The van der Waals surface area contributed by atoms with E-state index in [4.69, 9.17) is 11.5 Å². The fraction of sp³-hybridized carbons (Fsp3) is 0.667. The molecule has 117 heavy (non-hydrogen) atoms. The SMILES string of the molecule is CC[C@H](C)[C@H](NC(=O)CNC(=O)[C@H](Cc1ccccc1)NC(=O)[C@@H](NC(=O)[C@H](CC(C)C)NC(=O)[C@H](CCC(N)=O)NC(=O)[C@H](CC(C)C)NC(=O)[C@H](CO)NC(=O)[C@@H](N)CO)C(C)C)C(=O)N[C@@H](CCC(=O)O)C(=O)N[C@@H](CC(C)C)C(=O)N[C@@H](CCSC)C(=O)N[C@@H](CCC(=O)O)C(=O)N[C@H](C(=O)N[C@@H](CC(=O)O)C(=O)O)C(C)C. The van der Waals surface area contributed by atoms with E-state index in [1.165, 1.54) is 25.6 Å². The van der Waals surface area contributed by atoms with Gasteiger partial charge < -0.3 is 117 Å². The fourth-order valence-electron chi connectivity index (χ4n) is 11.4. The lowest BCUT2D eigenvalue weighted by Gasteiger charge is -2.29. The number of nitrogens with one attached hydrogen (secondary N) is 14. The molecule has 1 aromatic rings. The van der Waals surface area contributed by atoms with E-state index < -0.39 is 280 Å². The van der Waals surface area contributed by atoms with Crippen LogP contribution in [0.5, 0.6) is 0 Å². The summed E-state index contributed by atoms with van der Waals surface area (Å²) >= 11 is 1.24. The van der Waals surface area contributed by atoms with Gasteiger partial charge in [0, 0.05) is 25.7 Å². The third-order valence-electron chi connectivity index (χ3n) is 18.1. The molecule has 0 bridgehead atoms. The molecule has 0 saturated heterocycles. The molecule has 0 radical (unpaired) electrons. The van der Waals surface area contributed by atoms with Gasteiger partial charge >= 0.3 is 23.9 Å². The van der Waals surface area contributed by atoms with Gasteiger partial charge in [-0.15, -0.1) is 0 Å². The number of carboxylic acids is 4. The number of aliphatic hydroxyl groups excluding tert-OH is 2. The number of hydrogen-bond donors (Lipinski definition) is 22. The average molecular weight is 1680 g/mol. The lowest BCUT2D eigenvalue weighted by molar-refractivity contribution is -0.147. The molecular formula is C75H122N16O25S. The van der Waals surface area contributed by atoms with Crippen LogP contribution in [0.3, 0.4) is 0 Å². The highest BCUT2D eigenvalue weighted by atomic mass is 32.2. The van der Waals surface area contributed by atoms with Crippen molar-refractivity contribution in [2.75, 3.05) is 31.8 Å². The summed E-state index contributed by atoms with van der Waals surface area (Å²) in [5.74, 6) is -24.1. The van der Waals surface area contributed by atoms with Gasteiger partial charge in [-0.1, -0.05) is 120 Å². The molecule has 1 aromatic carbocycles. The van der Waals surface area contributed by atoms with E-state index in [1.54, 1.807) is 106 Å². The van der Waals surface area contributed by atoms with E-state index in [2.05, 4.69) is 69.1 Å². The molecule has 15 amide bonds. The number of aliphatic hydroxyl groups is 2. The Balaban J connectivity index is 3.63. The van der Waals surface area contributed by atoms with Gasteiger partial charge in [0.05, 0.1) is 26.2 Å². The highest BCUT2D eigenvalue weighted by molar-refractivity contribution is 7.98. The number of nitrogens with two attached hydrogens (primary N) is 2. The number of carbonyl (C=O) groups excluding carboxylic acids is 15. The Hall–Kier alpha value is -10.6. The van der Waals surface area contributed by atoms with Crippen molar-refractivity contribution in [3.63, 3.8) is 0 Å². The molecule has 1 rings (SSSR count). The number of primary amides is 1. The predicted octanol–water partition coefficient (Wildman–Crippen LogP) is -4.24. The molecule has 0 aliphatic carbocycles. The Bertz CT molecular complexity index is 3550. The molecule has 0 aromatic heterocycles. The smallest absolute Gasteiger partial charge is 0.326 e. The lowest BCUT2D eigenvalue weighted by atomic mass is 9.97. The Morgan fingerprint density at radius 1 is 0.385 bits per heavy atom. The minimum absolute atomic E-state index is 0.0553. The molecule has 15 atom stereocenters. The van der Waals surface area contributed by atoms with Gasteiger partial charge in [-0.3, -0.25) is 86.3 Å². The maximum absolute atomic E-state index is 14.5. The van der Waals surface area contributed by atoms with Crippen molar-refractivity contribution < 1.29 is 122 Å². The zero-order chi connectivity index (χ0) is 89.3. The van der Waals surface area contributed by atoms with E-state index >= 15 is 0 Å². The molecular weight excluding hydrogens is 1560 g/mol. The normalized spacial score (nSPS) is 15.1. The van der Waals surface area contributed by atoms with Crippen molar-refractivity contribution in [1.82, 2.24) is 74.4 Å². The summed E-state index contributed by atoms with van der Waals surface area (Å²) < 4.78 is 0. The second kappa shape index (κ2) is 53.6. The van der Waals surface area contributed by atoms with Crippen LogP contribution in [0, 0.1) is 35.5 Å². The molecule has 0 aliphatic heterocycles. The molecule has 24 N–H and O–H groups in total. The van der Waals surface area contributed by atoms with E-state index in [-0.39, 0.29) is 62.0 Å². The van der Waals surface area contributed by atoms with Crippen molar-refractivity contribution in [3.8, 4) is 0 Å². The van der Waals surface area contributed by atoms with Crippen molar-refractivity contribution >= 4 is 124 Å². The van der Waals surface area contributed by atoms with Crippen molar-refractivity contribution in [1.29, 1.82) is 0 Å². The molecule has 41 nitrogen and oxygen atoms in total. The minimum atomic E-state index is -1.91. The Morgan fingerprint density at radius 2 is 0.735 bits per heavy atom. The van der Waals surface area contributed by atoms with Crippen LogP contribution in [0.2, 0.25) is 0 Å². The highest BCUT2D eigenvalue weighted by Gasteiger charge is 2.40. The number of thioether (sulfide) groups is 1. The number of amides is 15. The zero-order valence-electron chi connectivity index (χ0n) is 68.5. The molecule has 0 heterocycles. The first kappa shape index (κ1) is 104. The molecule has 0 saturated carbocycles. The van der Waals surface area contributed by atoms with E-state index in [0.29, 0.717) is 5.56 Å². The summed E-state index contributed by atoms with van der Waals surface area (Å²) in [6.07, 6.45) is -3.21. The fourth-order valence-corrected chi connectivity index (χ4v) is 11.9. The third-order valence-corrected chi connectivity index (χ3v) is 18.8. The van der Waals surface area contributed by atoms with Gasteiger partial charge in [0.1, 0.15) is 84.6 Å². The first-order valence-corrected chi connectivity index (χ1v) is 40.0. The molecule has 0 fully saturated rings. The van der Waals surface area contributed by atoms with Gasteiger partial charge in [-0.25, -0.2) is 4.79 Å². The van der Waals surface area contributed by atoms with Crippen LogP contribution in [0.15, 0.2) is 30.3 Å². The van der Waals surface area contributed by atoms with Crippen molar-refractivity contribution in [3.05, 3.63) is 35.9 Å². The van der Waals surface area contributed by atoms with Crippen LogP contribution < -0.4 is 85.9 Å².